The molecule has 0 aromatic heterocycles. The summed E-state index contributed by atoms with van der Waals surface area (Å²) < 4.78 is 0. The number of terminal acetylenes is 1. The highest BCUT2D eigenvalue weighted by molar-refractivity contribution is 5.86. The monoisotopic (exact) mass is 153 g/mol. The van der Waals surface area contributed by atoms with E-state index in [4.69, 9.17) is 11.5 Å². The summed E-state index contributed by atoms with van der Waals surface area (Å²) in [5, 5.41) is 9.15. The lowest BCUT2D eigenvalue weighted by Gasteiger charge is -2.43. The van der Waals surface area contributed by atoms with Gasteiger partial charge in [-0.1, -0.05) is 5.92 Å². The molecule has 1 amide bonds. The van der Waals surface area contributed by atoms with Crippen LogP contribution in [-0.2, 0) is 4.79 Å². The zero-order chi connectivity index (χ0) is 8.59. The fourth-order valence-corrected chi connectivity index (χ4v) is 1.30. The molecule has 0 aromatic rings. The minimum absolute atomic E-state index is 0.0635. The Kier molecular flexibility index (Phi) is 1.88. The number of aliphatic hydroxyl groups is 1. The molecule has 1 heterocycles. The van der Waals surface area contributed by atoms with Crippen molar-refractivity contribution in [1.29, 1.82) is 0 Å². The first-order valence-electron chi connectivity index (χ1n) is 3.50. The third-order valence-electron chi connectivity index (χ3n) is 2.27. The summed E-state index contributed by atoms with van der Waals surface area (Å²) in [5.41, 5.74) is 0. The number of hydrogen-bond acceptors (Lipinski definition) is 2. The summed E-state index contributed by atoms with van der Waals surface area (Å²) in [7, 11) is 1.70. The van der Waals surface area contributed by atoms with Crippen molar-refractivity contribution in [2.75, 3.05) is 7.05 Å². The van der Waals surface area contributed by atoms with Crippen molar-refractivity contribution in [2.24, 2.45) is 5.92 Å². The molecule has 1 saturated heterocycles. The van der Waals surface area contributed by atoms with Crippen molar-refractivity contribution in [1.82, 2.24) is 4.90 Å². The molecule has 3 atom stereocenters. The summed E-state index contributed by atoms with van der Waals surface area (Å²) in [6.45, 7) is 1.87. The van der Waals surface area contributed by atoms with Gasteiger partial charge in [-0.2, -0.15) is 0 Å². The number of likely N-dealkylation sites (tertiary alicyclic amines) is 1. The molecule has 1 rings (SSSR count). The quantitative estimate of drug-likeness (QED) is 0.406. The van der Waals surface area contributed by atoms with Crippen LogP contribution in [-0.4, -0.2) is 35.1 Å². The Morgan fingerprint density at radius 2 is 2.36 bits per heavy atom. The number of rotatable bonds is 1. The van der Waals surface area contributed by atoms with Crippen LogP contribution in [0.4, 0.5) is 0 Å². The van der Waals surface area contributed by atoms with Gasteiger partial charge in [0, 0.05) is 13.1 Å². The summed E-state index contributed by atoms with van der Waals surface area (Å²) in [6, 6.07) is 0.0635. The molecule has 60 valence electrons. The highest BCUT2D eigenvalue weighted by atomic mass is 16.3. The third-order valence-corrected chi connectivity index (χ3v) is 2.27. The van der Waals surface area contributed by atoms with Gasteiger partial charge >= 0.3 is 0 Å². The van der Waals surface area contributed by atoms with Crippen LogP contribution in [0.15, 0.2) is 0 Å². The van der Waals surface area contributed by atoms with Gasteiger partial charge in [0.1, 0.15) is 6.10 Å². The van der Waals surface area contributed by atoms with Crippen LogP contribution in [0.5, 0.6) is 0 Å². The van der Waals surface area contributed by atoms with Crippen LogP contribution >= 0.6 is 0 Å². The van der Waals surface area contributed by atoms with E-state index in [-0.39, 0.29) is 17.9 Å². The van der Waals surface area contributed by atoms with E-state index < -0.39 is 6.10 Å². The maximum absolute atomic E-state index is 11.0. The van der Waals surface area contributed by atoms with Crippen molar-refractivity contribution in [2.45, 2.75) is 19.1 Å². The van der Waals surface area contributed by atoms with Crippen LogP contribution in [0.25, 0.3) is 0 Å². The third kappa shape index (κ3) is 0.997. The van der Waals surface area contributed by atoms with E-state index >= 15 is 0 Å². The average Bonchev–Trinajstić information content (AvgIpc) is 2.04. The Bertz CT molecular complexity index is 219. The first-order chi connectivity index (χ1) is 5.09. The lowest BCUT2D eigenvalue weighted by atomic mass is 9.85. The number of hydrogen-bond donors (Lipinski definition) is 1. The van der Waals surface area contributed by atoms with E-state index in [1.54, 1.807) is 11.9 Å². The Balaban J connectivity index is 2.64. The molecule has 11 heavy (non-hydrogen) atoms. The van der Waals surface area contributed by atoms with Gasteiger partial charge in [-0.15, -0.1) is 6.42 Å². The van der Waals surface area contributed by atoms with Crippen molar-refractivity contribution in [3.05, 3.63) is 0 Å². The Hall–Kier alpha value is -1.01. The Labute approximate surface area is 66.0 Å². The van der Waals surface area contributed by atoms with E-state index in [9.17, 15) is 4.79 Å². The van der Waals surface area contributed by atoms with Crippen molar-refractivity contribution >= 4 is 5.91 Å². The van der Waals surface area contributed by atoms with E-state index in [1.807, 2.05) is 6.92 Å². The molecule has 0 spiro atoms. The second-order valence-electron chi connectivity index (χ2n) is 2.83. The molecule has 3 nitrogen and oxygen atoms in total. The maximum Gasteiger partial charge on any atom is 0.231 e. The molecule has 0 aliphatic carbocycles. The SMILES string of the molecule is C#CC(O)C1C(=O)N(C)C1C. The van der Waals surface area contributed by atoms with Gasteiger partial charge in [-0.05, 0) is 6.92 Å². The molecule has 3 unspecified atom stereocenters. The summed E-state index contributed by atoms with van der Waals surface area (Å²) in [6.07, 6.45) is 4.06. The molecule has 1 aliphatic rings. The van der Waals surface area contributed by atoms with Gasteiger partial charge in [0.2, 0.25) is 5.91 Å². The fourth-order valence-electron chi connectivity index (χ4n) is 1.30. The van der Waals surface area contributed by atoms with E-state index in [0.717, 1.165) is 0 Å². The largest absolute Gasteiger partial charge is 0.379 e. The van der Waals surface area contributed by atoms with Gasteiger partial charge in [-0.25, -0.2) is 0 Å². The predicted octanol–water partition coefficient (Wildman–Crippen LogP) is -0.543. The minimum atomic E-state index is -0.923. The Morgan fingerprint density at radius 1 is 1.82 bits per heavy atom. The van der Waals surface area contributed by atoms with Crippen LogP contribution in [0.2, 0.25) is 0 Å². The molecule has 1 N–H and O–H groups in total. The molecule has 3 heteroatoms. The van der Waals surface area contributed by atoms with Gasteiger partial charge in [-0.3, -0.25) is 4.79 Å². The molecule has 1 fully saturated rings. The van der Waals surface area contributed by atoms with Gasteiger partial charge in [0.25, 0.3) is 0 Å². The van der Waals surface area contributed by atoms with E-state index in [0.29, 0.717) is 0 Å². The van der Waals surface area contributed by atoms with E-state index in [2.05, 4.69) is 5.92 Å². The van der Waals surface area contributed by atoms with E-state index in [1.165, 1.54) is 0 Å². The topological polar surface area (TPSA) is 40.5 Å². The fraction of sp³-hybridized carbons (Fsp3) is 0.625. The lowest BCUT2D eigenvalue weighted by molar-refractivity contribution is -0.157. The average molecular weight is 153 g/mol. The van der Waals surface area contributed by atoms with Crippen molar-refractivity contribution in [3.63, 3.8) is 0 Å². The molecular weight excluding hydrogens is 142 g/mol. The predicted molar refractivity (Wildman–Crippen MR) is 40.6 cm³/mol. The van der Waals surface area contributed by atoms with Gasteiger partial charge in [0.05, 0.1) is 5.92 Å². The molecule has 0 bridgehead atoms. The first kappa shape index (κ1) is 8.09. The van der Waals surface area contributed by atoms with Crippen LogP contribution in [0, 0.1) is 18.3 Å². The smallest absolute Gasteiger partial charge is 0.231 e. The standard InChI is InChI=1S/C8H11NO2/c1-4-6(10)7-5(2)9(3)8(7)11/h1,5-7,10H,2-3H3. The lowest BCUT2D eigenvalue weighted by Crippen LogP contribution is -2.61. The number of β-lactam (4-membered cyclic amide) rings is 1. The summed E-state index contributed by atoms with van der Waals surface area (Å²) in [4.78, 5) is 12.6. The summed E-state index contributed by atoms with van der Waals surface area (Å²) >= 11 is 0. The maximum atomic E-state index is 11.0. The number of aliphatic hydroxyl groups excluding tert-OH is 1. The zero-order valence-electron chi connectivity index (χ0n) is 6.61. The molecule has 0 aromatic carbocycles. The second kappa shape index (κ2) is 2.55. The zero-order valence-corrected chi connectivity index (χ0v) is 6.61. The number of carbonyl (C=O) groups excluding carboxylic acids is 1. The number of amides is 1. The summed E-state index contributed by atoms with van der Waals surface area (Å²) in [5.74, 6) is 1.71. The minimum Gasteiger partial charge on any atom is -0.379 e. The van der Waals surface area contributed by atoms with Gasteiger partial charge in [0.15, 0.2) is 0 Å². The number of nitrogens with zero attached hydrogens (tertiary/aromatic N) is 1. The molecule has 1 aliphatic heterocycles. The molecule has 0 radical (unpaired) electrons. The highest BCUT2D eigenvalue weighted by Gasteiger charge is 2.45. The highest BCUT2D eigenvalue weighted by Crippen LogP contribution is 2.26. The van der Waals surface area contributed by atoms with Crippen molar-refractivity contribution < 1.29 is 9.90 Å². The Morgan fingerprint density at radius 3 is 2.73 bits per heavy atom. The van der Waals surface area contributed by atoms with Crippen LogP contribution in [0.1, 0.15) is 6.92 Å². The first-order valence-corrected chi connectivity index (χ1v) is 3.50. The van der Waals surface area contributed by atoms with Crippen LogP contribution < -0.4 is 0 Å². The molecule has 0 saturated carbocycles. The normalized spacial score (nSPS) is 32.5. The van der Waals surface area contributed by atoms with Gasteiger partial charge < -0.3 is 10.0 Å². The van der Waals surface area contributed by atoms with Crippen LogP contribution in [0.3, 0.4) is 0 Å². The second-order valence-corrected chi connectivity index (χ2v) is 2.83. The molecular formula is C8H11NO2. The number of carbonyl (C=O) groups is 1. The van der Waals surface area contributed by atoms with Crippen molar-refractivity contribution in [3.8, 4) is 12.3 Å².